The summed E-state index contributed by atoms with van der Waals surface area (Å²) in [4.78, 5) is 48.8. The van der Waals surface area contributed by atoms with Crippen molar-refractivity contribution in [1.82, 2.24) is 19.5 Å². The molecule has 3 aliphatic carbocycles. The van der Waals surface area contributed by atoms with Crippen LogP contribution in [0.3, 0.4) is 0 Å². The number of terminal acetylenes is 1. The molecule has 4 heterocycles. The Morgan fingerprint density at radius 3 is 2.62 bits per heavy atom. The molecule has 42 heavy (non-hydrogen) atoms. The molecule has 3 aromatic heterocycles. The van der Waals surface area contributed by atoms with Crippen LogP contribution in [0.25, 0.3) is 11.2 Å². The molecule has 0 spiro atoms. The van der Waals surface area contributed by atoms with Crippen molar-refractivity contribution >= 4 is 29.1 Å². The molecule has 0 amide bonds. The van der Waals surface area contributed by atoms with Gasteiger partial charge in [-0.05, 0) is 51.4 Å². The topological polar surface area (TPSA) is 184 Å². The average molecular weight is 586 g/mol. The number of hydrogen-bond donors (Lipinski definition) is 1. The molecule has 7 rings (SSSR count). The molecule has 2 N–H and O–H groups in total. The highest BCUT2D eigenvalue weighted by atomic mass is 19.1. The normalized spacial score (nSPS) is 28.5. The van der Waals surface area contributed by atoms with Gasteiger partial charge in [0.05, 0.1) is 11.7 Å². The number of fused-ring (bicyclic) bond motifs is 4. The third-order valence-electron chi connectivity index (χ3n) is 8.60. The zero-order valence-corrected chi connectivity index (χ0v) is 22.7. The van der Waals surface area contributed by atoms with Crippen LogP contribution < -0.4 is 11.6 Å². The number of anilines is 1. The Morgan fingerprint density at radius 1 is 1.21 bits per heavy atom. The Labute approximate surface area is 237 Å². The molecule has 0 unspecified atom stereocenters. The van der Waals surface area contributed by atoms with Crippen molar-refractivity contribution in [3.63, 3.8) is 0 Å². The highest BCUT2D eigenvalue weighted by Gasteiger charge is 2.54. The number of nitrogens with zero attached hydrogens (tertiary/aromatic N) is 4. The molecule has 15 heteroatoms. The van der Waals surface area contributed by atoms with Crippen molar-refractivity contribution in [2.45, 2.75) is 76.4 Å². The molecule has 1 aliphatic heterocycles. The van der Waals surface area contributed by atoms with Crippen LogP contribution in [0.1, 0.15) is 62.7 Å². The van der Waals surface area contributed by atoms with Crippen molar-refractivity contribution in [1.29, 1.82) is 0 Å². The molecule has 1 saturated heterocycles. The van der Waals surface area contributed by atoms with Crippen LogP contribution in [0.5, 0.6) is 0 Å². The first kappa shape index (κ1) is 27.7. The highest BCUT2D eigenvalue weighted by molar-refractivity contribution is 5.81. The van der Waals surface area contributed by atoms with Crippen LogP contribution in [0.2, 0.25) is 0 Å². The van der Waals surface area contributed by atoms with Gasteiger partial charge in [-0.2, -0.15) is 14.4 Å². The van der Waals surface area contributed by atoms with Crippen molar-refractivity contribution in [2.75, 3.05) is 12.3 Å². The van der Waals surface area contributed by atoms with Gasteiger partial charge in [0, 0.05) is 6.42 Å². The van der Waals surface area contributed by atoms with E-state index >= 15 is 0 Å². The van der Waals surface area contributed by atoms with Gasteiger partial charge in [0.25, 0.3) is 0 Å². The Balaban J connectivity index is 1.24. The number of aromatic nitrogens is 4. The third kappa shape index (κ3) is 4.85. The number of nitrogens with two attached hydrogens (primary N) is 1. The Morgan fingerprint density at radius 2 is 1.95 bits per heavy atom. The van der Waals surface area contributed by atoms with E-state index in [0.29, 0.717) is 5.92 Å². The Kier molecular flexibility index (Phi) is 6.88. The van der Waals surface area contributed by atoms with Gasteiger partial charge < -0.3 is 33.5 Å². The van der Waals surface area contributed by atoms with E-state index < -0.39 is 54.6 Å². The number of rotatable bonds is 7. The van der Waals surface area contributed by atoms with Crippen LogP contribution in [-0.4, -0.2) is 50.0 Å². The number of halogens is 1. The SMILES string of the molecule is C#C[C@]1(COC(=O)C23CCC(CC2)CC3)O[C@@H](n2cnc3c(N)nc(F)nc32)C[C@@H]1OC(=O)OCc1oc(=O)oc1C. The molecular weight excluding hydrogens is 557 g/mol. The lowest BCUT2D eigenvalue weighted by molar-refractivity contribution is -0.174. The summed E-state index contributed by atoms with van der Waals surface area (Å²) < 4.78 is 47.7. The number of aryl methyl sites for hydroxylation is 1. The third-order valence-corrected chi connectivity index (χ3v) is 8.60. The number of ether oxygens (including phenoxy) is 4. The minimum Gasteiger partial charge on any atom is -0.461 e. The van der Waals surface area contributed by atoms with Gasteiger partial charge in [-0.15, -0.1) is 6.42 Å². The zero-order valence-electron chi connectivity index (χ0n) is 22.7. The smallest absolute Gasteiger partial charge is 0.461 e. The standard InChI is InChI=1S/C27H28FN5O9/c1-3-27(12-38-22(34)26-7-4-15(5-8-26)6-9-26)17(41-24(35)37-11-16-14(2)39-25(36)40-16)10-18(42-27)33-13-30-19-20(29)31-23(28)32-21(19)33/h1,13,15,17-18H,4-12H2,2H3,(H2,29,31,32)/t15?,17-,18+,26?,27+/m0/s1. The first-order chi connectivity index (χ1) is 20.1. The first-order valence-corrected chi connectivity index (χ1v) is 13.5. The van der Waals surface area contributed by atoms with Crippen LogP contribution in [0, 0.1) is 36.7 Å². The van der Waals surface area contributed by atoms with Crippen LogP contribution in [-0.2, 0) is 30.3 Å². The number of carbonyl (C=O) groups is 2. The second-order valence-corrected chi connectivity index (χ2v) is 11.0. The van der Waals surface area contributed by atoms with E-state index in [9.17, 15) is 18.8 Å². The van der Waals surface area contributed by atoms with Gasteiger partial charge in [0.15, 0.2) is 41.2 Å². The van der Waals surface area contributed by atoms with E-state index in [1.165, 1.54) is 17.8 Å². The fraction of sp³-hybridized carbons (Fsp3) is 0.556. The molecule has 2 bridgehead atoms. The Bertz CT molecular complexity index is 1620. The molecule has 3 saturated carbocycles. The molecule has 0 aromatic carbocycles. The summed E-state index contributed by atoms with van der Waals surface area (Å²) in [5.74, 6) is 1.80. The largest absolute Gasteiger partial charge is 0.519 e. The molecule has 0 radical (unpaired) electrons. The van der Waals surface area contributed by atoms with Crippen LogP contribution in [0.4, 0.5) is 15.0 Å². The van der Waals surface area contributed by atoms with Gasteiger partial charge >= 0.3 is 24.0 Å². The fourth-order valence-electron chi connectivity index (χ4n) is 6.13. The molecule has 222 valence electrons. The number of carbonyl (C=O) groups excluding carboxylic acids is 2. The van der Waals surface area contributed by atoms with E-state index in [4.69, 9.17) is 39.9 Å². The lowest BCUT2D eigenvalue weighted by Crippen LogP contribution is -2.48. The van der Waals surface area contributed by atoms with E-state index in [2.05, 4.69) is 20.9 Å². The minimum absolute atomic E-state index is 0.000264. The maximum Gasteiger partial charge on any atom is 0.519 e. The molecule has 3 aromatic rings. The first-order valence-electron chi connectivity index (χ1n) is 13.5. The number of nitrogen functional groups attached to an aromatic ring is 1. The number of esters is 1. The quantitative estimate of drug-likeness (QED) is 0.243. The summed E-state index contributed by atoms with van der Waals surface area (Å²) in [5, 5.41) is 0. The van der Waals surface area contributed by atoms with Gasteiger partial charge in [-0.25, -0.2) is 14.6 Å². The maximum absolute atomic E-state index is 14.0. The summed E-state index contributed by atoms with van der Waals surface area (Å²) >= 11 is 0. The second-order valence-electron chi connectivity index (χ2n) is 11.0. The summed E-state index contributed by atoms with van der Waals surface area (Å²) in [5.41, 5.74) is 3.64. The second kappa shape index (κ2) is 10.4. The average Bonchev–Trinajstić information content (AvgIpc) is 3.66. The van der Waals surface area contributed by atoms with Gasteiger partial charge in [0.2, 0.25) is 5.60 Å². The monoisotopic (exact) mass is 585 g/mol. The van der Waals surface area contributed by atoms with Crippen molar-refractivity contribution in [2.24, 2.45) is 11.3 Å². The lowest BCUT2D eigenvalue weighted by Gasteiger charge is -2.44. The Hall–Kier alpha value is -4.45. The minimum atomic E-state index is -1.74. The molecule has 14 nitrogen and oxygen atoms in total. The summed E-state index contributed by atoms with van der Waals surface area (Å²) in [6.45, 7) is 0.599. The summed E-state index contributed by atoms with van der Waals surface area (Å²) in [7, 11) is 0. The van der Waals surface area contributed by atoms with Gasteiger partial charge in [0.1, 0.15) is 12.8 Å². The molecule has 4 fully saturated rings. The van der Waals surface area contributed by atoms with E-state index in [-0.39, 0.29) is 40.9 Å². The van der Waals surface area contributed by atoms with Crippen LogP contribution in [0.15, 0.2) is 20.0 Å². The predicted octanol–water partition coefficient (Wildman–Crippen LogP) is 2.93. The van der Waals surface area contributed by atoms with Gasteiger partial charge in [-0.3, -0.25) is 9.36 Å². The zero-order chi connectivity index (χ0) is 29.6. The highest BCUT2D eigenvalue weighted by Crippen LogP contribution is 2.51. The summed E-state index contributed by atoms with van der Waals surface area (Å²) in [6.07, 6.45) is 7.93. The number of hydrogen-bond acceptors (Lipinski definition) is 13. The van der Waals surface area contributed by atoms with E-state index in [1.807, 2.05) is 0 Å². The van der Waals surface area contributed by atoms with Crippen molar-refractivity contribution in [3.05, 3.63) is 34.5 Å². The summed E-state index contributed by atoms with van der Waals surface area (Å²) in [6, 6.07) is 0. The molecule has 3 atom stereocenters. The molecular formula is C27H28FN5O9. The van der Waals surface area contributed by atoms with Crippen LogP contribution >= 0.6 is 0 Å². The molecule has 4 aliphatic rings. The van der Waals surface area contributed by atoms with E-state index in [0.717, 1.165) is 38.5 Å². The predicted molar refractivity (Wildman–Crippen MR) is 138 cm³/mol. The number of imidazole rings is 1. The van der Waals surface area contributed by atoms with E-state index in [1.54, 1.807) is 0 Å². The maximum atomic E-state index is 14.0. The van der Waals surface area contributed by atoms with Crippen molar-refractivity contribution in [3.8, 4) is 12.3 Å². The van der Waals surface area contributed by atoms with Gasteiger partial charge in [-0.1, -0.05) is 5.92 Å². The lowest BCUT2D eigenvalue weighted by atomic mass is 9.61. The fourth-order valence-corrected chi connectivity index (χ4v) is 6.13. The van der Waals surface area contributed by atoms with Crippen molar-refractivity contribution < 1.29 is 41.8 Å².